The van der Waals surface area contributed by atoms with Gasteiger partial charge in [-0.2, -0.15) is 0 Å². The molecule has 0 saturated carbocycles. The van der Waals surface area contributed by atoms with E-state index in [4.69, 9.17) is 4.52 Å². The van der Waals surface area contributed by atoms with Crippen molar-refractivity contribution in [1.82, 2.24) is 15.0 Å². The average molecular weight is 315 g/mol. The zero-order valence-corrected chi connectivity index (χ0v) is 13.3. The maximum absolute atomic E-state index is 13.5. The standard InChI is InChI=1S/C17H18FN3O2/c1-10-6-13(20-23-10)9-21(3)17(22)8-14-11(2)19-16-5-4-12(18)7-15(14)16/h4-7,19H,8-9H2,1-3H3. The average Bonchev–Trinajstić information content (AvgIpc) is 3.03. The third-order valence-electron chi connectivity index (χ3n) is 3.91. The molecular weight excluding hydrogens is 297 g/mol. The van der Waals surface area contributed by atoms with Gasteiger partial charge in [0.1, 0.15) is 17.3 Å². The molecular formula is C17H18FN3O2. The quantitative estimate of drug-likeness (QED) is 0.804. The normalized spacial score (nSPS) is 11.1. The zero-order valence-electron chi connectivity index (χ0n) is 13.3. The molecule has 0 aliphatic heterocycles. The Balaban J connectivity index is 1.79. The van der Waals surface area contributed by atoms with Crippen LogP contribution >= 0.6 is 0 Å². The van der Waals surface area contributed by atoms with Crippen LogP contribution in [0.1, 0.15) is 22.7 Å². The summed E-state index contributed by atoms with van der Waals surface area (Å²) in [6.07, 6.45) is 0.211. The van der Waals surface area contributed by atoms with Gasteiger partial charge >= 0.3 is 0 Å². The molecule has 5 nitrogen and oxygen atoms in total. The number of hydrogen-bond acceptors (Lipinski definition) is 3. The van der Waals surface area contributed by atoms with Crippen molar-refractivity contribution in [3.05, 3.63) is 52.8 Å². The minimum absolute atomic E-state index is 0.0566. The summed E-state index contributed by atoms with van der Waals surface area (Å²) in [6.45, 7) is 4.08. The zero-order chi connectivity index (χ0) is 16.6. The Bertz CT molecular complexity index is 866. The van der Waals surface area contributed by atoms with Gasteiger partial charge in [-0.15, -0.1) is 0 Å². The van der Waals surface area contributed by atoms with Crippen LogP contribution in [0.15, 0.2) is 28.8 Å². The highest BCUT2D eigenvalue weighted by molar-refractivity contribution is 5.90. The number of H-pyrrole nitrogens is 1. The first-order chi connectivity index (χ1) is 10.9. The van der Waals surface area contributed by atoms with E-state index in [2.05, 4.69) is 10.1 Å². The summed E-state index contributed by atoms with van der Waals surface area (Å²) in [6, 6.07) is 6.36. The Kier molecular flexibility index (Phi) is 3.90. The van der Waals surface area contributed by atoms with Gasteiger partial charge < -0.3 is 14.4 Å². The Morgan fingerprint density at radius 1 is 1.35 bits per heavy atom. The number of benzene rings is 1. The second-order valence-electron chi connectivity index (χ2n) is 5.77. The third kappa shape index (κ3) is 3.11. The van der Waals surface area contributed by atoms with Crippen molar-refractivity contribution in [2.24, 2.45) is 0 Å². The number of aryl methyl sites for hydroxylation is 2. The van der Waals surface area contributed by atoms with Crippen molar-refractivity contribution < 1.29 is 13.7 Å². The first kappa shape index (κ1) is 15.3. The van der Waals surface area contributed by atoms with Crippen LogP contribution < -0.4 is 0 Å². The van der Waals surface area contributed by atoms with Crippen LogP contribution in [0, 0.1) is 19.7 Å². The summed E-state index contributed by atoms with van der Waals surface area (Å²) in [5.74, 6) is 0.347. The van der Waals surface area contributed by atoms with Gasteiger partial charge in [0.05, 0.1) is 13.0 Å². The van der Waals surface area contributed by atoms with Crippen molar-refractivity contribution in [3.8, 4) is 0 Å². The number of nitrogens with one attached hydrogen (secondary N) is 1. The predicted molar refractivity (Wildman–Crippen MR) is 84.4 cm³/mol. The largest absolute Gasteiger partial charge is 0.361 e. The van der Waals surface area contributed by atoms with Crippen molar-refractivity contribution in [2.45, 2.75) is 26.8 Å². The monoisotopic (exact) mass is 315 g/mol. The van der Waals surface area contributed by atoms with E-state index in [1.54, 1.807) is 24.1 Å². The first-order valence-corrected chi connectivity index (χ1v) is 7.37. The van der Waals surface area contributed by atoms with Gasteiger partial charge in [-0.25, -0.2) is 4.39 Å². The van der Waals surface area contributed by atoms with Crippen molar-refractivity contribution >= 4 is 16.8 Å². The fourth-order valence-corrected chi connectivity index (χ4v) is 2.69. The summed E-state index contributed by atoms with van der Waals surface area (Å²) in [4.78, 5) is 17.2. The molecule has 0 fully saturated rings. The molecule has 0 unspecified atom stereocenters. The van der Waals surface area contributed by atoms with E-state index in [-0.39, 0.29) is 18.1 Å². The summed E-state index contributed by atoms with van der Waals surface area (Å²) >= 11 is 0. The molecule has 0 saturated heterocycles. The predicted octanol–water partition coefficient (Wildman–Crippen LogP) is 3.11. The third-order valence-corrected chi connectivity index (χ3v) is 3.91. The summed E-state index contributed by atoms with van der Waals surface area (Å²) < 4.78 is 18.5. The van der Waals surface area contributed by atoms with Crippen molar-refractivity contribution in [1.29, 1.82) is 0 Å². The van der Waals surface area contributed by atoms with Gasteiger partial charge in [-0.1, -0.05) is 5.16 Å². The van der Waals surface area contributed by atoms with Crippen LogP contribution in [0.25, 0.3) is 10.9 Å². The molecule has 3 rings (SSSR count). The Morgan fingerprint density at radius 2 is 2.13 bits per heavy atom. The fourth-order valence-electron chi connectivity index (χ4n) is 2.69. The second kappa shape index (κ2) is 5.87. The van der Waals surface area contributed by atoms with E-state index >= 15 is 0 Å². The highest BCUT2D eigenvalue weighted by atomic mass is 19.1. The minimum Gasteiger partial charge on any atom is -0.361 e. The topological polar surface area (TPSA) is 62.1 Å². The summed E-state index contributed by atoms with van der Waals surface area (Å²) in [5.41, 5.74) is 3.25. The Morgan fingerprint density at radius 3 is 2.83 bits per heavy atom. The molecule has 0 atom stereocenters. The Hall–Kier alpha value is -2.63. The molecule has 0 aliphatic carbocycles. The number of hydrogen-bond donors (Lipinski definition) is 1. The fraction of sp³-hybridized carbons (Fsp3) is 0.294. The molecule has 0 aliphatic rings. The molecule has 1 amide bonds. The van der Waals surface area contributed by atoms with Gasteiger partial charge in [0, 0.05) is 29.7 Å². The van der Waals surface area contributed by atoms with Gasteiger partial charge in [0.2, 0.25) is 5.91 Å². The number of likely N-dealkylation sites (N-methyl/N-ethyl adjacent to an activating group) is 1. The molecule has 1 aromatic carbocycles. The van der Waals surface area contributed by atoms with Gasteiger partial charge in [-0.05, 0) is 37.6 Å². The van der Waals surface area contributed by atoms with Crippen molar-refractivity contribution in [2.75, 3.05) is 7.05 Å². The van der Waals surface area contributed by atoms with Crippen LogP contribution in [0.4, 0.5) is 4.39 Å². The summed E-state index contributed by atoms with van der Waals surface area (Å²) in [7, 11) is 1.72. The number of carbonyl (C=O) groups excluding carboxylic acids is 1. The molecule has 2 aromatic heterocycles. The number of amides is 1. The van der Waals surface area contributed by atoms with Crippen LogP contribution in [-0.4, -0.2) is 28.0 Å². The molecule has 0 spiro atoms. The molecule has 6 heteroatoms. The molecule has 120 valence electrons. The lowest BCUT2D eigenvalue weighted by molar-refractivity contribution is -0.129. The number of fused-ring (bicyclic) bond motifs is 1. The van der Waals surface area contributed by atoms with E-state index in [0.29, 0.717) is 18.0 Å². The molecule has 2 heterocycles. The van der Waals surface area contributed by atoms with E-state index in [1.165, 1.54) is 12.1 Å². The van der Waals surface area contributed by atoms with Gasteiger partial charge in [0.15, 0.2) is 0 Å². The second-order valence-corrected chi connectivity index (χ2v) is 5.77. The smallest absolute Gasteiger partial charge is 0.227 e. The number of aromatic nitrogens is 2. The highest BCUT2D eigenvalue weighted by Crippen LogP contribution is 2.24. The van der Waals surface area contributed by atoms with E-state index in [9.17, 15) is 9.18 Å². The number of aromatic amines is 1. The van der Waals surface area contributed by atoms with E-state index in [0.717, 1.165) is 22.2 Å². The number of halogens is 1. The molecule has 23 heavy (non-hydrogen) atoms. The van der Waals surface area contributed by atoms with Gasteiger partial charge in [-0.3, -0.25) is 4.79 Å². The maximum atomic E-state index is 13.5. The number of carbonyl (C=O) groups is 1. The molecule has 0 radical (unpaired) electrons. The van der Waals surface area contributed by atoms with Crippen LogP contribution in [-0.2, 0) is 17.8 Å². The molecule has 3 aromatic rings. The lowest BCUT2D eigenvalue weighted by Crippen LogP contribution is -2.28. The number of rotatable bonds is 4. The molecule has 0 bridgehead atoms. The lowest BCUT2D eigenvalue weighted by Gasteiger charge is -2.15. The van der Waals surface area contributed by atoms with E-state index in [1.807, 2.05) is 13.8 Å². The highest BCUT2D eigenvalue weighted by Gasteiger charge is 2.17. The SMILES string of the molecule is Cc1cc(CN(C)C(=O)Cc2c(C)[nH]c3ccc(F)cc23)no1. The van der Waals surface area contributed by atoms with Crippen LogP contribution in [0.2, 0.25) is 0 Å². The van der Waals surface area contributed by atoms with Crippen LogP contribution in [0.5, 0.6) is 0 Å². The summed E-state index contributed by atoms with van der Waals surface area (Å²) in [5, 5.41) is 4.64. The molecule has 1 N–H and O–H groups in total. The lowest BCUT2D eigenvalue weighted by atomic mass is 10.1. The van der Waals surface area contributed by atoms with E-state index < -0.39 is 0 Å². The minimum atomic E-state index is -0.309. The Labute approximate surface area is 133 Å². The van der Waals surface area contributed by atoms with Gasteiger partial charge in [0.25, 0.3) is 0 Å². The first-order valence-electron chi connectivity index (χ1n) is 7.37. The van der Waals surface area contributed by atoms with Crippen molar-refractivity contribution in [3.63, 3.8) is 0 Å². The van der Waals surface area contributed by atoms with Crippen LogP contribution in [0.3, 0.4) is 0 Å². The number of nitrogens with zero attached hydrogens (tertiary/aromatic N) is 2. The maximum Gasteiger partial charge on any atom is 0.227 e.